The number of benzene rings is 2. The van der Waals surface area contributed by atoms with Gasteiger partial charge in [0.05, 0.1) is 17.1 Å². The first kappa shape index (κ1) is 20.8. The number of likely N-dealkylation sites (tertiary alicyclic amines) is 1. The van der Waals surface area contributed by atoms with Crippen LogP contribution >= 0.6 is 11.8 Å². The summed E-state index contributed by atoms with van der Waals surface area (Å²) < 4.78 is 27.8. The number of imidazole rings is 1. The van der Waals surface area contributed by atoms with Gasteiger partial charge in [0.1, 0.15) is 11.6 Å². The maximum absolute atomic E-state index is 14.2. The first-order valence-electron chi connectivity index (χ1n) is 9.99. The molecular formula is C22H24F2N4OS. The van der Waals surface area contributed by atoms with Gasteiger partial charge in [-0.15, -0.1) is 0 Å². The van der Waals surface area contributed by atoms with E-state index in [2.05, 4.69) is 15.3 Å². The molecule has 1 fully saturated rings. The number of nitrogens with zero attached hydrogens (tertiary/aromatic N) is 2. The highest BCUT2D eigenvalue weighted by atomic mass is 32.2. The normalized spacial score (nSPS) is 19.6. The molecule has 5 nitrogen and oxygen atoms in total. The Morgan fingerprint density at radius 1 is 1.30 bits per heavy atom. The molecule has 2 aromatic carbocycles. The Balaban J connectivity index is 1.53. The average molecular weight is 431 g/mol. The Labute approximate surface area is 178 Å². The number of para-hydroxylation sites is 2. The lowest BCUT2D eigenvalue weighted by atomic mass is 10.1. The van der Waals surface area contributed by atoms with E-state index in [9.17, 15) is 13.6 Å². The van der Waals surface area contributed by atoms with Crippen molar-refractivity contribution in [2.45, 2.75) is 49.3 Å². The van der Waals surface area contributed by atoms with Crippen LogP contribution in [0.1, 0.15) is 25.8 Å². The van der Waals surface area contributed by atoms with E-state index in [1.807, 2.05) is 43.0 Å². The van der Waals surface area contributed by atoms with Crippen LogP contribution in [0.25, 0.3) is 11.0 Å². The summed E-state index contributed by atoms with van der Waals surface area (Å²) in [6.07, 6.45) is 0.608. The number of halogens is 2. The lowest BCUT2D eigenvalue weighted by Crippen LogP contribution is -2.45. The highest BCUT2D eigenvalue weighted by molar-refractivity contribution is 7.99. The van der Waals surface area contributed by atoms with Crippen molar-refractivity contribution in [1.82, 2.24) is 20.2 Å². The fraction of sp³-hybridized carbons (Fsp3) is 0.364. The van der Waals surface area contributed by atoms with Gasteiger partial charge in [0, 0.05) is 29.9 Å². The second-order valence-electron chi connectivity index (χ2n) is 7.88. The maximum Gasteiger partial charge on any atom is 0.237 e. The summed E-state index contributed by atoms with van der Waals surface area (Å²) >= 11 is 1.58. The zero-order valence-electron chi connectivity index (χ0n) is 16.9. The minimum absolute atomic E-state index is 0.00679. The standard InChI is InChI=1S/C22H24F2N4OS/c1-13(2)25-21(29)20-10-16(30-22-26-18-5-3-4-6-19(18)27-22)12-28(20)11-14-9-15(23)7-8-17(14)24/h3-9,13,16,20H,10-12H2,1-2H3,(H,25,29)(H,26,27)/t16-,20-/m0/s1. The first-order valence-corrected chi connectivity index (χ1v) is 10.9. The van der Waals surface area contributed by atoms with Gasteiger partial charge in [0.2, 0.25) is 5.91 Å². The summed E-state index contributed by atoms with van der Waals surface area (Å²) in [6.45, 7) is 4.57. The Bertz CT molecular complexity index is 1020. The number of thioether (sulfide) groups is 1. The molecule has 30 heavy (non-hydrogen) atoms. The van der Waals surface area contributed by atoms with Gasteiger partial charge in [-0.1, -0.05) is 23.9 Å². The molecule has 4 rings (SSSR count). The minimum Gasteiger partial charge on any atom is -0.353 e. The fourth-order valence-corrected chi connectivity index (χ4v) is 4.98. The Kier molecular flexibility index (Phi) is 6.06. The molecule has 1 aliphatic heterocycles. The predicted octanol–water partition coefficient (Wildman–Crippen LogP) is 4.10. The van der Waals surface area contributed by atoms with Gasteiger partial charge in [-0.25, -0.2) is 13.8 Å². The van der Waals surface area contributed by atoms with E-state index in [0.717, 1.165) is 28.3 Å². The number of hydrogen-bond acceptors (Lipinski definition) is 4. The van der Waals surface area contributed by atoms with Crippen LogP contribution in [0.4, 0.5) is 8.78 Å². The number of carbonyl (C=O) groups excluding carboxylic acids is 1. The number of nitrogens with one attached hydrogen (secondary N) is 2. The number of rotatable bonds is 6. The third kappa shape index (κ3) is 4.65. The van der Waals surface area contributed by atoms with E-state index in [1.165, 1.54) is 6.07 Å². The maximum atomic E-state index is 14.2. The number of hydrogen-bond donors (Lipinski definition) is 2. The summed E-state index contributed by atoms with van der Waals surface area (Å²) in [7, 11) is 0. The number of H-pyrrole nitrogens is 1. The van der Waals surface area contributed by atoms with Crippen molar-refractivity contribution in [1.29, 1.82) is 0 Å². The fourth-order valence-electron chi connectivity index (χ4n) is 3.80. The molecule has 1 saturated heterocycles. The zero-order valence-corrected chi connectivity index (χ0v) is 17.7. The molecule has 2 heterocycles. The number of fused-ring (bicyclic) bond motifs is 1. The molecule has 0 radical (unpaired) electrons. The molecule has 8 heteroatoms. The van der Waals surface area contributed by atoms with Crippen molar-refractivity contribution in [2.24, 2.45) is 0 Å². The van der Waals surface area contributed by atoms with E-state index in [4.69, 9.17) is 0 Å². The van der Waals surface area contributed by atoms with Gasteiger partial charge in [-0.2, -0.15) is 0 Å². The number of carbonyl (C=O) groups is 1. The van der Waals surface area contributed by atoms with Crippen LogP contribution in [-0.2, 0) is 11.3 Å². The lowest BCUT2D eigenvalue weighted by Gasteiger charge is -2.24. The van der Waals surface area contributed by atoms with Gasteiger partial charge in [0.15, 0.2) is 5.16 Å². The van der Waals surface area contributed by atoms with Gasteiger partial charge < -0.3 is 10.3 Å². The van der Waals surface area contributed by atoms with Crippen LogP contribution < -0.4 is 5.32 Å². The van der Waals surface area contributed by atoms with Gasteiger partial charge in [-0.05, 0) is 50.6 Å². The van der Waals surface area contributed by atoms with Crippen molar-refractivity contribution in [2.75, 3.05) is 6.54 Å². The third-order valence-electron chi connectivity index (χ3n) is 5.13. The summed E-state index contributed by atoms with van der Waals surface area (Å²) in [5.74, 6) is -1.04. The van der Waals surface area contributed by atoms with Gasteiger partial charge >= 0.3 is 0 Å². The van der Waals surface area contributed by atoms with Crippen LogP contribution in [0.2, 0.25) is 0 Å². The average Bonchev–Trinajstić information content (AvgIpc) is 3.27. The molecule has 1 aromatic heterocycles. The lowest BCUT2D eigenvalue weighted by molar-refractivity contribution is -0.126. The molecule has 2 N–H and O–H groups in total. The smallest absolute Gasteiger partial charge is 0.237 e. The molecule has 0 spiro atoms. The molecule has 0 bridgehead atoms. The molecule has 1 aliphatic rings. The van der Waals surface area contributed by atoms with Crippen molar-refractivity contribution >= 4 is 28.7 Å². The van der Waals surface area contributed by atoms with E-state index in [1.54, 1.807) is 11.8 Å². The van der Waals surface area contributed by atoms with Crippen molar-refractivity contribution in [3.05, 3.63) is 59.7 Å². The largest absolute Gasteiger partial charge is 0.353 e. The van der Waals surface area contributed by atoms with Crippen LogP contribution in [0.3, 0.4) is 0 Å². The number of amides is 1. The Hall–Kier alpha value is -2.45. The molecule has 0 unspecified atom stereocenters. The van der Waals surface area contributed by atoms with Crippen LogP contribution in [0.5, 0.6) is 0 Å². The van der Waals surface area contributed by atoms with Crippen molar-refractivity contribution in [3.8, 4) is 0 Å². The predicted molar refractivity (Wildman–Crippen MR) is 114 cm³/mol. The molecule has 0 aliphatic carbocycles. The first-order chi connectivity index (χ1) is 14.4. The monoisotopic (exact) mass is 430 g/mol. The quantitative estimate of drug-likeness (QED) is 0.618. The molecule has 158 valence electrons. The molecular weight excluding hydrogens is 406 g/mol. The van der Waals surface area contributed by atoms with E-state index < -0.39 is 17.7 Å². The Morgan fingerprint density at radius 3 is 2.87 bits per heavy atom. The summed E-state index contributed by atoms with van der Waals surface area (Å²) in [5, 5.41) is 3.85. The van der Waals surface area contributed by atoms with E-state index in [0.29, 0.717) is 13.0 Å². The van der Waals surface area contributed by atoms with Crippen molar-refractivity contribution in [3.63, 3.8) is 0 Å². The molecule has 0 saturated carbocycles. The Morgan fingerprint density at radius 2 is 2.10 bits per heavy atom. The van der Waals surface area contributed by atoms with E-state index in [-0.39, 0.29) is 29.3 Å². The highest BCUT2D eigenvalue weighted by Crippen LogP contribution is 2.33. The number of aromatic nitrogens is 2. The SMILES string of the molecule is CC(C)NC(=O)[C@@H]1C[C@H](Sc2nc3ccccc3[nH]2)CN1Cc1cc(F)ccc1F. The molecule has 2 atom stereocenters. The second kappa shape index (κ2) is 8.73. The second-order valence-corrected chi connectivity index (χ2v) is 9.17. The van der Waals surface area contributed by atoms with Crippen LogP contribution in [-0.4, -0.2) is 44.7 Å². The van der Waals surface area contributed by atoms with Gasteiger partial charge in [-0.3, -0.25) is 9.69 Å². The third-order valence-corrected chi connectivity index (χ3v) is 6.22. The molecule has 3 aromatic rings. The van der Waals surface area contributed by atoms with Gasteiger partial charge in [0.25, 0.3) is 0 Å². The summed E-state index contributed by atoms with van der Waals surface area (Å²) in [5.41, 5.74) is 2.11. The van der Waals surface area contributed by atoms with Crippen LogP contribution in [0, 0.1) is 11.6 Å². The molecule has 1 amide bonds. The zero-order chi connectivity index (χ0) is 21.3. The minimum atomic E-state index is -0.484. The van der Waals surface area contributed by atoms with Crippen molar-refractivity contribution < 1.29 is 13.6 Å². The summed E-state index contributed by atoms with van der Waals surface area (Å²) in [6, 6.07) is 10.8. The van der Waals surface area contributed by atoms with Crippen LogP contribution in [0.15, 0.2) is 47.6 Å². The number of aromatic amines is 1. The summed E-state index contributed by atoms with van der Waals surface area (Å²) in [4.78, 5) is 22.6. The topological polar surface area (TPSA) is 61.0 Å². The highest BCUT2D eigenvalue weighted by Gasteiger charge is 2.38. The van der Waals surface area contributed by atoms with E-state index >= 15 is 0 Å².